The first-order chi connectivity index (χ1) is 10.2. The van der Waals surface area contributed by atoms with Crippen LogP contribution < -0.4 is 10.1 Å². The molecule has 104 valence electrons. The molecular formula is C16H11BCl2O2. The molecule has 0 aromatic heterocycles. The van der Waals surface area contributed by atoms with E-state index in [1.165, 1.54) is 0 Å². The van der Waals surface area contributed by atoms with Gasteiger partial charge in [0.15, 0.2) is 0 Å². The Morgan fingerprint density at radius 2 is 1.48 bits per heavy atom. The third-order valence-electron chi connectivity index (χ3n) is 3.22. The molecule has 0 aliphatic heterocycles. The quantitative estimate of drug-likeness (QED) is 0.742. The molecule has 0 aliphatic carbocycles. The molecule has 3 aromatic carbocycles. The van der Waals surface area contributed by atoms with Crippen molar-refractivity contribution in [3.8, 4) is 5.75 Å². The molecule has 1 N–H and O–H groups in total. The Hall–Kier alpha value is -1.68. The molecular weight excluding hydrogens is 306 g/mol. The van der Waals surface area contributed by atoms with Crippen LogP contribution in [0.5, 0.6) is 5.75 Å². The lowest BCUT2D eigenvalue weighted by Gasteiger charge is -2.14. The summed E-state index contributed by atoms with van der Waals surface area (Å²) in [5, 5.41) is 12.8. The van der Waals surface area contributed by atoms with Crippen molar-refractivity contribution in [1.29, 1.82) is 0 Å². The van der Waals surface area contributed by atoms with E-state index in [1.54, 1.807) is 18.2 Å². The predicted molar refractivity (Wildman–Crippen MR) is 88.6 cm³/mol. The summed E-state index contributed by atoms with van der Waals surface area (Å²) < 4.78 is 5.56. The Morgan fingerprint density at radius 3 is 2.19 bits per heavy atom. The highest BCUT2D eigenvalue weighted by molar-refractivity contribution is 6.61. The van der Waals surface area contributed by atoms with Crippen molar-refractivity contribution in [2.75, 3.05) is 0 Å². The van der Waals surface area contributed by atoms with Crippen LogP contribution in [0.25, 0.3) is 10.8 Å². The topological polar surface area (TPSA) is 29.5 Å². The number of halogens is 2. The van der Waals surface area contributed by atoms with Crippen LogP contribution in [0.1, 0.15) is 0 Å². The van der Waals surface area contributed by atoms with E-state index in [0.717, 1.165) is 10.8 Å². The van der Waals surface area contributed by atoms with Gasteiger partial charge >= 0.3 is 7.12 Å². The van der Waals surface area contributed by atoms with Crippen molar-refractivity contribution in [2.45, 2.75) is 0 Å². The summed E-state index contributed by atoms with van der Waals surface area (Å²) >= 11 is 12.6. The number of benzene rings is 3. The normalized spacial score (nSPS) is 10.6. The summed E-state index contributed by atoms with van der Waals surface area (Å²) in [6.07, 6.45) is 0. The first-order valence-corrected chi connectivity index (χ1v) is 7.19. The van der Waals surface area contributed by atoms with Crippen LogP contribution in [-0.4, -0.2) is 12.1 Å². The lowest BCUT2D eigenvalue weighted by molar-refractivity contribution is 0.433. The van der Waals surface area contributed by atoms with Gasteiger partial charge in [-0.1, -0.05) is 77.8 Å². The van der Waals surface area contributed by atoms with Crippen LogP contribution in [0.15, 0.2) is 60.7 Å². The second-order valence-corrected chi connectivity index (χ2v) is 5.38. The first-order valence-electron chi connectivity index (χ1n) is 6.43. The van der Waals surface area contributed by atoms with Crippen LogP contribution in [0, 0.1) is 0 Å². The fourth-order valence-electron chi connectivity index (χ4n) is 2.16. The minimum Gasteiger partial charge on any atom is -0.531 e. The van der Waals surface area contributed by atoms with Gasteiger partial charge in [0, 0.05) is 10.8 Å². The van der Waals surface area contributed by atoms with Crippen LogP contribution in [0.2, 0.25) is 10.0 Å². The van der Waals surface area contributed by atoms with Gasteiger partial charge in [-0.15, -0.1) is 0 Å². The number of hydrogen-bond donors (Lipinski definition) is 1. The van der Waals surface area contributed by atoms with Crippen LogP contribution in [0.3, 0.4) is 0 Å². The van der Waals surface area contributed by atoms with E-state index in [9.17, 15) is 5.02 Å². The van der Waals surface area contributed by atoms with E-state index >= 15 is 0 Å². The van der Waals surface area contributed by atoms with E-state index in [2.05, 4.69) is 0 Å². The predicted octanol–water partition coefficient (Wildman–Crippen LogP) is 3.91. The second kappa shape index (κ2) is 5.98. The molecule has 3 aromatic rings. The lowest BCUT2D eigenvalue weighted by Crippen LogP contribution is -2.36. The molecule has 21 heavy (non-hydrogen) atoms. The van der Waals surface area contributed by atoms with Gasteiger partial charge in [0.2, 0.25) is 0 Å². The van der Waals surface area contributed by atoms with Gasteiger partial charge < -0.3 is 9.68 Å². The monoisotopic (exact) mass is 316 g/mol. The zero-order valence-electron chi connectivity index (χ0n) is 11.0. The molecule has 0 spiro atoms. The Bertz CT molecular complexity index is 778. The molecule has 0 bridgehead atoms. The molecule has 0 saturated carbocycles. The van der Waals surface area contributed by atoms with Crippen molar-refractivity contribution in [3.05, 3.63) is 70.7 Å². The fourth-order valence-corrected chi connectivity index (χ4v) is 2.69. The summed E-state index contributed by atoms with van der Waals surface area (Å²) in [5.41, 5.74) is 0.651. The molecule has 0 fully saturated rings. The molecule has 0 atom stereocenters. The van der Waals surface area contributed by atoms with E-state index in [1.807, 2.05) is 42.5 Å². The summed E-state index contributed by atoms with van der Waals surface area (Å²) in [7, 11) is -1.10. The third kappa shape index (κ3) is 2.86. The minimum atomic E-state index is -1.10. The van der Waals surface area contributed by atoms with E-state index in [-0.39, 0.29) is 0 Å². The molecule has 0 radical (unpaired) electrons. The summed E-state index contributed by atoms with van der Waals surface area (Å²) in [6.45, 7) is 0. The van der Waals surface area contributed by atoms with Gasteiger partial charge in [-0.25, -0.2) is 0 Å². The van der Waals surface area contributed by atoms with E-state index in [0.29, 0.717) is 21.3 Å². The van der Waals surface area contributed by atoms with Crippen LogP contribution >= 0.6 is 23.2 Å². The van der Waals surface area contributed by atoms with Gasteiger partial charge in [0.1, 0.15) is 5.75 Å². The van der Waals surface area contributed by atoms with Crippen molar-refractivity contribution in [2.24, 2.45) is 0 Å². The second-order valence-electron chi connectivity index (χ2n) is 4.60. The molecule has 2 nitrogen and oxygen atoms in total. The highest BCUT2D eigenvalue weighted by Crippen LogP contribution is 2.37. The van der Waals surface area contributed by atoms with Gasteiger partial charge in [0.05, 0.1) is 10.0 Å². The summed E-state index contributed by atoms with van der Waals surface area (Å²) in [6, 6.07) is 18.2. The number of fused-ring (bicyclic) bond motifs is 1. The standard InChI is InChI=1S/C16H11BCl2O2/c18-14-10-15(16(19)13-9-5-4-8-12(13)14)21-17(20)11-6-2-1-3-7-11/h1-10,20H. The molecule has 0 saturated heterocycles. The molecule has 0 amide bonds. The maximum Gasteiger partial charge on any atom is 0.560 e. The maximum absolute atomic E-state index is 10.1. The van der Waals surface area contributed by atoms with Gasteiger partial charge in [-0.2, -0.15) is 0 Å². The van der Waals surface area contributed by atoms with Crippen LogP contribution in [0.4, 0.5) is 0 Å². The maximum atomic E-state index is 10.1. The van der Waals surface area contributed by atoms with Crippen molar-refractivity contribution >= 4 is 46.6 Å². The fraction of sp³-hybridized carbons (Fsp3) is 0. The molecule has 0 heterocycles. The van der Waals surface area contributed by atoms with Crippen molar-refractivity contribution in [1.82, 2.24) is 0 Å². The molecule has 0 unspecified atom stereocenters. The molecule has 0 aliphatic rings. The van der Waals surface area contributed by atoms with Gasteiger partial charge in [-0.3, -0.25) is 0 Å². The van der Waals surface area contributed by atoms with Gasteiger partial charge in [0.25, 0.3) is 0 Å². The SMILES string of the molecule is OB(Oc1cc(Cl)c2ccccc2c1Cl)c1ccccc1. The summed E-state index contributed by atoms with van der Waals surface area (Å²) in [5.74, 6) is 0.358. The Balaban J connectivity index is 2.00. The highest BCUT2D eigenvalue weighted by Gasteiger charge is 2.21. The zero-order chi connectivity index (χ0) is 14.8. The Labute approximate surface area is 133 Å². The largest absolute Gasteiger partial charge is 0.560 e. The van der Waals surface area contributed by atoms with Gasteiger partial charge in [-0.05, 0) is 11.5 Å². The zero-order valence-corrected chi connectivity index (χ0v) is 12.5. The van der Waals surface area contributed by atoms with E-state index in [4.69, 9.17) is 27.9 Å². The number of rotatable bonds is 3. The Kier molecular flexibility index (Phi) is 4.06. The average molecular weight is 317 g/mol. The smallest absolute Gasteiger partial charge is 0.531 e. The Morgan fingerprint density at radius 1 is 0.857 bits per heavy atom. The minimum absolute atomic E-state index is 0.358. The molecule has 5 heteroatoms. The first kappa shape index (κ1) is 14.3. The summed E-state index contributed by atoms with van der Waals surface area (Å²) in [4.78, 5) is 0. The highest BCUT2D eigenvalue weighted by atomic mass is 35.5. The van der Waals surface area contributed by atoms with Crippen LogP contribution in [-0.2, 0) is 0 Å². The van der Waals surface area contributed by atoms with Crippen molar-refractivity contribution < 1.29 is 9.68 Å². The number of hydrogen-bond acceptors (Lipinski definition) is 2. The lowest BCUT2D eigenvalue weighted by atomic mass is 9.79. The van der Waals surface area contributed by atoms with Crippen molar-refractivity contribution in [3.63, 3.8) is 0 Å². The average Bonchev–Trinajstić information content (AvgIpc) is 2.53. The van der Waals surface area contributed by atoms with E-state index < -0.39 is 7.12 Å². The molecule has 3 rings (SSSR count). The third-order valence-corrected chi connectivity index (χ3v) is 3.92.